The van der Waals surface area contributed by atoms with Gasteiger partial charge in [0.05, 0.1) is 4.92 Å². The summed E-state index contributed by atoms with van der Waals surface area (Å²) in [5, 5.41) is 13.6. The maximum Gasteiger partial charge on any atom is 0.281 e. The first-order valence-corrected chi connectivity index (χ1v) is 6.97. The Labute approximate surface area is 135 Å². The predicted octanol–water partition coefficient (Wildman–Crippen LogP) is 3.54. The van der Waals surface area contributed by atoms with E-state index in [9.17, 15) is 19.7 Å². The summed E-state index contributed by atoms with van der Waals surface area (Å²) in [4.78, 5) is 35.4. The number of carbonyl (C=O) groups excluding carboxylic acids is 2. The first kappa shape index (κ1) is 14.9. The molecule has 7 heteroatoms. The fraction of sp³-hybridized carbons (Fsp3) is 0. The van der Waals surface area contributed by atoms with Crippen LogP contribution in [0.2, 0.25) is 0 Å². The molecule has 2 aromatic rings. The number of Topliss-reactive ketones (excluding diaryl/α,β-unsaturated/α-hetero) is 2. The Balaban J connectivity index is 2.14. The van der Waals surface area contributed by atoms with Crippen LogP contribution in [0, 0.1) is 10.1 Å². The topological polar surface area (TPSA) is 89.3 Å². The summed E-state index contributed by atoms with van der Waals surface area (Å²) in [6, 6.07) is 12.5. The standard InChI is InChI=1S/C16H9ClN2O4/c17-13-14(18-9-5-2-1-3-6-9)16(21)12-10(15(13)20)7-4-8-11(12)19(22)23/h1-8,18H. The van der Waals surface area contributed by atoms with Crippen LogP contribution >= 0.6 is 11.6 Å². The highest BCUT2D eigenvalue weighted by molar-refractivity contribution is 6.50. The molecule has 0 saturated heterocycles. The van der Waals surface area contributed by atoms with Crippen LogP contribution in [-0.4, -0.2) is 16.5 Å². The molecule has 3 rings (SSSR count). The fourth-order valence-electron chi connectivity index (χ4n) is 2.35. The number of ketones is 2. The zero-order valence-corrected chi connectivity index (χ0v) is 12.3. The number of fused-ring (bicyclic) bond motifs is 1. The van der Waals surface area contributed by atoms with Gasteiger partial charge in [-0.05, 0) is 18.2 Å². The minimum atomic E-state index is -0.691. The lowest BCUT2D eigenvalue weighted by atomic mass is 9.91. The summed E-state index contributed by atoms with van der Waals surface area (Å²) in [6.07, 6.45) is 0. The van der Waals surface area contributed by atoms with Gasteiger partial charge in [-0.2, -0.15) is 0 Å². The molecule has 0 atom stereocenters. The van der Waals surface area contributed by atoms with Crippen molar-refractivity contribution in [2.45, 2.75) is 0 Å². The summed E-state index contributed by atoms with van der Waals surface area (Å²) < 4.78 is 0. The molecule has 0 amide bonds. The smallest absolute Gasteiger partial charge is 0.281 e. The molecule has 0 bridgehead atoms. The molecular weight excluding hydrogens is 320 g/mol. The molecule has 23 heavy (non-hydrogen) atoms. The van der Waals surface area contributed by atoms with E-state index in [0.29, 0.717) is 5.69 Å². The van der Waals surface area contributed by atoms with E-state index in [1.54, 1.807) is 30.3 Å². The molecule has 1 aliphatic carbocycles. The van der Waals surface area contributed by atoms with Gasteiger partial charge in [0.1, 0.15) is 16.3 Å². The Bertz CT molecular complexity index is 875. The minimum absolute atomic E-state index is 0.0622. The van der Waals surface area contributed by atoms with Crippen molar-refractivity contribution in [2.75, 3.05) is 5.32 Å². The summed E-state index contributed by atoms with van der Waals surface area (Å²) in [6.45, 7) is 0. The number of hydrogen-bond donors (Lipinski definition) is 1. The molecule has 0 saturated carbocycles. The summed E-state index contributed by atoms with van der Waals surface area (Å²) >= 11 is 6.01. The maximum atomic E-state index is 12.6. The number of nitro benzene ring substituents is 1. The molecule has 0 aromatic heterocycles. The van der Waals surface area contributed by atoms with E-state index in [0.717, 1.165) is 0 Å². The summed E-state index contributed by atoms with van der Waals surface area (Å²) in [7, 11) is 0. The molecular formula is C16H9ClN2O4. The van der Waals surface area contributed by atoms with Gasteiger partial charge in [-0.1, -0.05) is 35.9 Å². The third kappa shape index (κ3) is 2.49. The Morgan fingerprint density at radius 3 is 2.30 bits per heavy atom. The van der Waals surface area contributed by atoms with E-state index in [4.69, 9.17) is 11.6 Å². The lowest BCUT2D eigenvalue weighted by Gasteiger charge is -2.18. The lowest BCUT2D eigenvalue weighted by Crippen LogP contribution is -2.25. The molecule has 0 heterocycles. The number of nitrogens with one attached hydrogen (secondary N) is 1. The number of halogens is 1. The zero-order chi connectivity index (χ0) is 16.6. The number of allylic oxidation sites excluding steroid dienone is 2. The molecule has 0 aliphatic heterocycles. The average molecular weight is 329 g/mol. The second-order valence-corrected chi connectivity index (χ2v) is 5.17. The van der Waals surface area contributed by atoms with Crippen molar-refractivity contribution < 1.29 is 14.5 Å². The van der Waals surface area contributed by atoms with Crippen LogP contribution in [0.25, 0.3) is 0 Å². The van der Waals surface area contributed by atoms with E-state index < -0.39 is 22.2 Å². The Kier molecular flexibility index (Phi) is 3.67. The Morgan fingerprint density at radius 2 is 1.65 bits per heavy atom. The third-order valence-electron chi connectivity index (χ3n) is 3.40. The van der Waals surface area contributed by atoms with Crippen LogP contribution in [0.15, 0.2) is 59.3 Å². The summed E-state index contributed by atoms with van der Waals surface area (Å²) in [5.74, 6) is -1.30. The van der Waals surface area contributed by atoms with Crippen molar-refractivity contribution in [2.24, 2.45) is 0 Å². The van der Waals surface area contributed by atoms with Crippen molar-refractivity contribution in [1.29, 1.82) is 0 Å². The second-order valence-electron chi connectivity index (χ2n) is 4.80. The monoisotopic (exact) mass is 328 g/mol. The molecule has 0 spiro atoms. The molecule has 6 nitrogen and oxygen atoms in total. The molecule has 1 aliphatic rings. The lowest BCUT2D eigenvalue weighted by molar-refractivity contribution is -0.385. The fourth-order valence-corrected chi connectivity index (χ4v) is 2.59. The Morgan fingerprint density at radius 1 is 0.957 bits per heavy atom. The van der Waals surface area contributed by atoms with Gasteiger partial charge in [0, 0.05) is 17.3 Å². The second kappa shape index (κ2) is 5.66. The minimum Gasteiger partial charge on any atom is -0.351 e. The Hall–Kier alpha value is -2.99. The van der Waals surface area contributed by atoms with Crippen molar-refractivity contribution in [3.05, 3.63) is 80.5 Å². The van der Waals surface area contributed by atoms with Crippen LogP contribution in [0.1, 0.15) is 20.7 Å². The van der Waals surface area contributed by atoms with Gasteiger partial charge < -0.3 is 5.32 Å². The number of para-hydroxylation sites is 1. The van der Waals surface area contributed by atoms with Crippen LogP contribution in [0.3, 0.4) is 0 Å². The van der Waals surface area contributed by atoms with E-state index in [2.05, 4.69) is 5.32 Å². The third-order valence-corrected chi connectivity index (χ3v) is 3.76. The van der Waals surface area contributed by atoms with E-state index in [1.165, 1.54) is 18.2 Å². The van der Waals surface area contributed by atoms with Crippen molar-refractivity contribution in [1.82, 2.24) is 0 Å². The van der Waals surface area contributed by atoms with Gasteiger partial charge in [-0.25, -0.2) is 0 Å². The first-order chi connectivity index (χ1) is 11.0. The quantitative estimate of drug-likeness (QED) is 0.687. The molecule has 114 valence electrons. The number of anilines is 1. The van der Waals surface area contributed by atoms with Gasteiger partial charge in [0.2, 0.25) is 11.6 Å². The van der Waals surface area contributed by atoms with Crippen molar-refractivity contribution in [3.63, 3.8) is 0 Å². The maximum absolute atomic E-state index is 12.6. The van der Waals surface area contributed by atoms with Crippen LogP contribution in [-0.2, 0) is 0 Å². The molecule has 0 fully saturated rings. The normalized spacial score (nSPS) is 13.8. The number of nitrogens with zero attached hydrogens (tertiary/aromatic N) is 1. The molecule has 2 aromatic carbocycles. The predicted molar refractivity (Wildman–Crippen MR) is 84.7 cm³/mol. The van der Waals surface area contributed by atoms with E-state index >= 15 is 0 Å². The number of nitro groups is 1. The largest absolute Gasteiger partial charge is 0.351 e. The number of rotatable bonds is 3. The SMILES string of the molecule is O=C1C(Cl)=C(Nc2ccccc2)C(=O)c2c1cccc2[N+](=O)[O-]. The van der Waals surface area contributed by atoms with Crippen LogP contribution in [0.4, 0.5) is 11.4 Å². The van der Waals surface area contributed by atoms with E-state index in [-0.39, 0.29) is 21.9 Å². The highest BCUT2D eigenvalue weighted by Gasteiger charge is 2.36. The van der Waals surface area contributed by atoms with Crippen molar-refractivity contribution >= 4 is 34.5 Å². The zero-order valence-electron chi connectivity index (χ0n) is 11.6. The van der Waals surface area contributed by atoms with Gasteiger partial charge in [-0.3, -0.25) is 19.7 Å². The molecule has 0 radical (unpaired) electrons. The van der Waals surface area contributed by atoms with Gasteiger partial charge in [0.15, 0.2) is 0 Å². The number of carbonyl (C=O) groups is 2. The number of benzene rings is 2. The van der Waals surface area contributed by atoms with Gasteiger partial charge >= 0.3 is 0 Å². The summed E-state index contributed by atoms with van der Waals surface area (Å²) in [5.41, 5.74) is -0.343. The molecule has 0 unspecified atom stereocenters. The number of hydrogen-bond acceptors (Lipinski definition) is 5. The highest BCUT2D eigenvalue weighted by Crippen LogP contribution is 2.34. The first-order valence-electron chi connectivity index (χ1n) is 6.59. The average Bonchev–Trinajstić information content (AvgIpc) is 2.57. The van der Waals surface area contributed by atoms with Crippen LogP contribution in [0.5, 0.6) is 0 Å². The molecule has 1 N–H and O–H groups in total. The van der Waals surface area contributed by atoms with E-state index in [1.807, 2.05) is 0 Å². The van der Waals surface area contributed by atoms with Gasteiger partial charge in [0.25, 0.3) is 5.69 Å². The van der Waals surface area contributed by atoms with Gasteiger partial charge in [-0.15, -0.1) is 0 Å². The van der Waals surface area contributed by atoms with Crippen LogP contribution < -0.4 is 5.32 Å². The van der Waals surface area contributed by atoms with Crippen molar-refractivity contribution in [3.8, 4) is 0 Å². The highest BCUT2D eigenvalue weighted by atomic mass is 35.5.